The number of hydrogen-bond donors (Lipinski definition) is 0. The minimum absolute atomic E-state index is 0.542. The van der Waals surface area contributed by atoms with E-state index in [4.69, 9.17) is 16.3 Å². The number of nitrogens with zero attached hydrogens (tertiary/aromatic N) is 1. The van der Waals surface area contributed by atoms with Crippen LogP contribution in [0.1, 0.15) is 0 Å². The molecule has 0 atom stereocenters. The van der Waals surface area contributed by atoms with Crippen LogP contribution in [0.3, 0.4) is 0 Å². The van der Waals surface area contributed by atoms with Crippen molar-refractivity contribution >= 4 is 11.6 Å². The molecule has 0 radical (unpaired) electrons. The van der Waals surface area contributed by atoms with E-state index in [0.29, 0.717) is 19.1 Å². The van der Waals surface area contributed by atoms with E-state index < -0.39 is 0 Å². The Bertz CT molecular complexity index is 104. The molecule has 0 aromatic rings. The first-order valence-electron chi connectivity index (χ1n) is 3.17. The van der Waals surface area contributed by atoms with E-state index in [0.717, 1.165) is 5.70 Å². The van der Waals surface area contributed by atoms with Gasteiger partial charge in [-0.25, -0.2) is 0 Å². The average molecular weight is 164 g/mol. The molecule has 10 heavy (non-hydrogen) atoms. The van der Waals surface area contributed by atoms with E-state index in [1.807, 2.05) is 19.0 Å². The van der Waals surface area contributed by atoms with Crippen LogP contribution in [-0.2, 0) is 4.74 Å². The molecule has 0 aliphatic heterocycles. The van der Waals surface area contributed by atoms with Gasteiger partial charge in [0, 0.05) is 25.7 Å². The highest BCUT2D eigenvalue weighted by Gasteiger charge is 1.94. The van der Waals surface area contributed by atoms with Crippen LogP contribution in [0, 0.1) is 0 Å². The second kappa shape index (κ2) is 5.57. The third-order valence-corrected chi connectivity index (χ3v) is 1.28. The minimum Gasteiger partial charge on any atom is -0.380 e. The zero-order valence-electron chi connectivity index (χ0n) is 6.56. The van der Waals surface area contributed by atoms with Gasteiger partial charge in [0.05, 0.1) is 13.2 Å². The Morgan fingerprint density at radius 2 is 2.20 bits per heavy atom. The summed E-state index contributed by atoms with van der Waals surface area (Å²) in [7, 11) is 3.87. The molecule has 0 aromatic heterocycles. The van der Waals surface area contributed by atoms with Crippen molar-refractivity contribution in [2.45, 2.75) is 0 Å². The first-order valence-corrected chi connectivity index (χ1v) is 3.70. The fraction of sp³-hybridized carbons (Fsp3) is 0.714. The number of ether oxygens (including phenoxy) is 1. The highest BCUT2D eigenvalue weighted by molar-refractivity contribution is 6.17. The van der Waals surface area contributed by atoms with Gasteiger partial charge in [0.1, 0.15) is 0 Å². The van der Waals surface area contributed by atoms with Gasteiger partial charge in [-0.2, -0.15) is 0 Å². The second-order valence-corrected chi connectivity index (χ2v) is 2.58. The zero-order valence-corrected chi connectivity index (χ0v) is 7.32. The predicted molar refractivity (Wildman–Crippen MR) is 44.4 cm³/mol. The molecule has 0 saturated heterocycles. The Kier molecular flexibility index (Phi) is 5.45. The largest absolute Gasteiger partial charge is 0.380 e. The SMILES string of the molecule is C=C(COCCCl)N(C)C. The monoisotopic (exact) mass is 163 g/mol. The van der Waals surface area contributed by atoms with E-state index in [1.54, 1.807) is 0 Å². The molecule has 0 rings (SSSR count). The number of rotatable bonds is 5. The zero-order chi connectivity index (χ0) is 7.98. The topological polar surface area (TPSA) is 12.5 Å². The summed E-state index contributed by atoms with van der Waals surface area (Å²) in [5, 5.41) is 0. The first-order chi connectivity index (χ1) is 4.68. The molecule has 0 amide bonds. The van der Waals surface area contributed by atoms with E-state index in [2.05, 4.69) is 6.58 Å². The standard InChI is InChI=1S/C7H14ClNO/c1-7(9(2)3)6-10-5-4-8/h1,4-6H2,2-3H3. The van der Waals surface area contributed by atoms with E-state index in [-0.39, 0.29) is 0 Å². The molecule has 3 heteroatoms. The van der Waals surface area contributed by atoms with Crippen molar-refractivity contribution in [3.63, 3.8) is 0 Å². The van der Waals surface area contributed by atoms with Gasteiger partial charge in [0.15, 0.2) is 0 Å². The smallest absolute Gasteiger partial charge is 0.0858 e. The van der Waals surface area contributed by atoms with Crippen molar-refractivity contribution in [1.29, 1.82) is 0 Å². The number of likely N-dealkylation sites (N-methyl/N-ethyl adjacent to an activating group) is 1. The third-order valence-electron chi connectivity index (χ3n) is 1.12. The van der Waals surface area contributed by atoms with Gasteiger partial charge in [0.2, 0.25) is 0 Å². The maximum atomic E-state index is 5.40. The summed E-state index contributed by atoms with van der Waals surface area (Å²) in [6, 6.07) is 0. The average Bonchev–Trinajstić information content (AvgIpc) is 1.88. The molecule has 0 saturated carbocycles. The van der Waals surface area contributed by atoms with Crippen LogP contribution in [0.5, 0.6) is 0 Å². The predicted octanol–water partition coefficient (Wildman–Crippen LogP) is 1.32. The molecule has 2 nitrogen and oxygen atoms in total. The second-order valence-electron chi connectivity index (χ2n) is 2.20. The van der Waals surface area contributed by atoms with Crippen molar-refractivity contribution in [3.8, 4) is 0 Å². The number of hydrogen-bond acceptors (Lipinski definition) is 2. The Morgan fingerprint density at radius 3 is 2.60 bits per heavy atom. The Labute approximate surface area is 67.4 Å². The maximum absolute atomic E-state index is 5.40. The lowest BCUT2D eigenvalue weighted by Gasteiger charge is -2.14. The van der Waals surface area contributed by atoms with Gasteiger partial charge in [0.25, 0.3) is 0 Å². The lowest BCUT2D eigenvalue weighted by atomic mass is 10.5. The molecule has 0 aliphatic carbocycles. The van der Waals surface area contributed by atoms with Crippen molar-refractivity contribution in [1.82, 2.24) is 4.90 Å². The summed E-state index contributed by atoms with van der Waals surface area (Å²) in [4.78, 5) is 1.92. The fourth-order valence-electron chi connectivity index (χ4n) is 0.374. The highest BCUT2D eigenvalue weighted by Crippen LogP contribution is 1.94. The van der Waals surface area contributed by atoms with Crippen LogP contribution < -0.4 is 0 Å². The summed E-state index contributed by atoms with van der Waals surface area (Å²) in [5.74, 6) is 0.542. The fourth-order valence-corrected chi connectivity index (χ4v) is 0.483. The van der Waals surface area contributed by atoms with Crippen molar-refractivity contribution < 1.29 is 4.74 Å². The summed E-state index contributed by atoms with van der Waals surface area (Å²) in [5.41, 5.74) is 0.963. The molecule has 0 fully saturated rings. The molecule has 0 aromatic carbocycles. The molecule has 0 aliphatic rings. The molecule has 0 unspecified atom stereocenters. The lowest BCUT2D eigenvalue weighted by Crippen LogP contribution is -2.15. The highest BCUT2D eigenvalue weighted by atomic mass is 35.5. The Hall–Kier alpha value is -0.210. The van der Waals surface area contributed by atoms with Gasteiger partial charge >= 0.3 is 0 Å². The van der Waals surface area contributed by atoms with Crippen molar-refractivity contribution in [2.24, 2.45) is 0 Å². The molecule has 0 bridgehead atoms. The molecule has 0 heterocycles. The summed E-state index contributed by atoms with van der Waals surface area (Å²) >= 11 is 5.40. The van der Waals surface area contributed by atoms with Gasteiger partial charge in [-0.1, -0.05) is 6.58 Å². The summed E-state index contributed by atoms with van der Waals surface area (Å²) < 4.78 is 5.13. The molecular weight excluding hydrogens is 150 g/mol. The van der Waals surface area contributed by atoms with Crippen LogP contribution >= 0.6 is 11.6 Å². The van der Waals surface area contributed by atoms with Crippen molar-refractivity contribution in [3.05, 3.63) is 12.3 Å². The quantitative estimate of drug-likeness (QED) is 0.448. The van der Waals surface area contributed by atoms with Gasteiger partial charge in [-0.05, 0) is 0 Å². The van der Waals surface area contributed by atoms with Crippen LogP contribution in [0.4, 0.5) is 0 Å². The van der Waals surface area contributed by atoms with Crippen molar-refractivity contribution in [2.75, 3.05) is 33.2 Å². The molecular formula is C7H14ClNO. The van der Waals surface area contributed by atoms with E-state index in [9.17, 15) is 0 Å². The third kappa shape index (κ3) is 4.65. The number of halogens is 1. The summed E-state index contributed by atoms with van der Waals surface area (Å²) in [6.45, 7) is 4.94. The van der Waals surface area contributed by atoms with Gasteiger partial charge in [-0.15, -0.1) is 11.6 Å². The Morgan fingerprint density at radius 1 is 1.60 bits per heavy atom. The van der Waals surface area contributed by atoms with Gasteiger partial charge < -0.3 is 9.64 Å². The number of alkyl halides is 1. The lowest BCUT2D eigenvalue weighted by molar-refractivity contribution is 0.157. The van der Waals surface area contributed by atoms with Gasteiger partial charge in [-0.3, -0.25) is 0 Å². The molecule has 0 spiro atoms. The summed E-state index contributed by atoms with van der Waals surface area (Å²) in [6.07, 6.45) is 0. The minimum atomic E-state index is 0.542. The van der Waals surface area contributed by atoms with Crippen LogP contribution in [-0.4, -0.2) is 38.1 Å². The van der Waals surface area contributed by atoms with Crippen LogP contribution in [0.15, 0.2) is 12.3 Å². The Balaban J connectivity index is 3.22. The van der Waals surface area contributed by atoms with E-state index in [1.165, 1.54) is 0 Å². The normalized spacial score (nSPS) is 9.50. The van der Waals surface area contributed by atoms with E-state index >= 15 is 0 Å². The van der Waals surface area contributed by atoms with Crippen LogP contribution in [0.2, 0.25) is 0 Å². The first kappa shape index (κ1) is 9.79. The van der Waals surface area contributed by atoms with Crippen LogP contribution in [0.25, 0.3) is 0 Å². The molecule has 0 N–H and O–H groups in total. The molecule has 60 valence electrons. The maximum Gasteiger partial charge on any atom is 0.0858 e.